The Bertz CT molecular complexity index is 1510. The summed E-state index contributed by atoms with van der Waals surface area (Å²) in [6, 6.07) is 31.9. The van der Waals surface area contributed by atoms with Crippen LogP contribution < -0.4 is 0 Å². The van der Waals surface area contributed by atoms with Crippen molar-refractivity contribution < 1.29 is 20.1 Å². The zero-order valence-corrected chi connectivity index (χ0v) is 21.8. The quantitative estimate of drug-likeness (QED) is 0.300. The molecule has 202 valence electrons. The highest BCUT2D eigenvalue weighted by molar-refractivity contribution is 5.33. The molecule has 0 bridgehead atoms. The van der Waals surface area contributed by atoms with E-state index in [1.165, 1.54) is 10.9 Å². The molecule has 0 amide bonds. The summed E-state index contributed by atoms with van der Waals surface area (Å²) in [5.74, 6) is 0. The lowest BCUT2D eigenvalue weighted by atomic mass is 9.71. The van der Waals surface area contributed by atoms with Crippen molar-refractivity contribution >= 4 is 0 Å². The zero-order valence-electron chi connectivity index (χ0n) is 21.8. The van der Waals surface area contributed by atoms with E-state index in [9.17, 15) is 25.8 Å². The fraction of sp³-hybridized carbons (Fsp3) is 0.281. The Kier molecular flexibility index (Phi) is 7.79. The summed E-state index contributed by atoms with van der Waals surface area (Å²) in [7, 11) is 0. The van der Waals surface area contributed by atoms with Gasteiger partial charge in [-0.05, 0) is 16.7 Å². The number of nitriles is 2. The van der Waals surface area contributed by atoms with E-state index < -0.39 is 29.6 Å². The number of ether oxygens (including phenoxy) is 1. The lowest BCUT2D eigenvalue weighted by molar-refractivity contribution is -0.161. The van der Waals surface area contributed by atoms with Crippen LogP contribution in [0.15, 0.2) is 97.3 Å². The maximum atomic E-state index is 12.7. The van der Waals surface area contributed by atoms with Gasteiger partial charge in [0.1, 0.15) is 23.4 Å². The standard InChI is InChI=1S/C32H30N4O4/c33-17-16-27-26(21-34)35-22-36(27)30-32(39,20-25-14-8-3-9-15-25)31(38,19-24-12-6-2-7-13-24)29(40-30)28(37)18-23-10-4-1-5-11-23/h1-15,22,28-30,37-39H,16,18-20H2/t28?,29-,30-,31-,32-/m1/s1. The number of aromatic nitrogens is 2. The minimum atomic E-state index is -2.00. The Morgan fingerprint density at radius 1 is 0.825 bits per heavy atom. The molecule has 1 saturated heterocycles. The fourth-order valence-corrected chi connectivity index (χ4v) is 5.73. The molecule has 5 rings (SSSR count). The van der Waals surface area contributed by atoms with Crippen LogP contribution in [-0.2, 0) is 30.4 Å². The van der Waals surface area contributed by atoms with Crippen molar-refractivity contribution in [3.05, 3.63) is 125 Å². The van der Waals surface area contributed by atoms with Crippen LogP contribution in [0.4, 0.5) is 0 Å². The molecule has 1 unspecified atom stereocenters. The Labute approximate surface area is 233 Å². The summed E-state index contributed by atoms with van der Waals surface area (Å²) in [5, 5.41) is 56.1. The minimum Gasteiger partial charge on any atom is -0.390 e. The largest absolute Gasteiger partial charge is 0.390 e. The van der Waals surface area contributed by atoms with Crippen molar-refractivity contribution in [3.8, 4) is 12.1 Å². The highest BCUT2D eigenvalue weighted by atomic mass is 16.6. The van der Waals surface area contributed by atoms with Crippen molar-refractivity contribution in [1.29, 1.82) is 10.5 Å². The molecule has 3 N–H and O–H groups in total. The minimum absolute atomic E-state index is 0.0163. The van der Waals surface area contributed by atoms with Crippen LogP contribution >= 0.6 is 0 Å². The number of aliphatic hydroxyl groups excluding tert-OH is 1. The summed E-state index contributed by atoms with van der Waals surface area (Å²) >= 11 is 0. The van der Waals surface area contributed by atoms with Crippen LogP contribution in [0.25, 0.3) is 0 Å². The van der Waals surface area contributed by atoms with Gasteiger partial charge in [0.05, 0.1) is 30.6 Å². The van der Waals surface area contributed by atoms with Crippen LogP contribution in [0, 0.1) is 22.7 Å². The molecule has 2 heterocycles. The first kappa shape index (κ1) is 27.3. The van der Waals surface area contributed by atoms with Gasteiger partial charge in [-0.2, -0.15) is 10.5 Å². The second-order valence-corrected chi connectivity index (χ2v) is 10.2. The summed E-state index contributed by atoms with van der Waals surface area (Å²) in [4.78, 5) is 4.16. The molecular weight excluding hydrogens is 504 g/mol. The van der Waals surface area contributed by atoms with Crippen LogP contribution in [0.2, 0.25) is 0 Å². The molecule has 40 heavy (non-hydrogen) atoms. The van der Waals surface area contributed by atoms with Gasteiger partial charge in [-0.15, -0.1) is 0 Å². The van der Waals surface area contributed by atoms with Gasteiger partial charge in [-0.1, -0.05) is 91.0 Å². The second-order valence-electron chi connectivity index (χ2n) is 10.2. The molecular formula is C32H30N4O4. The summed E-state index contributed by atoms with van der Waals surface area (Å²) in [5.41, 5.74) is -1.35. The van der Waals surface area contributed by atoms with E-state index in [4.69, 9.17) is 4.74 Å². The average molecular weight is 535 g/mol. The number of hydrogen-bond donors (Lipinski definition) is 3. The van der Waals surface area contributed by atoms with Crippen LogP contribution in [0.3, 0.4) is 0 Å². The first-order chi connectivity index (χ1) is 19.4. The normalized spacial score (nSPS) is 24.7. The third-order valence-corrected chi connectivity index (χ3v) is 7.68. The molecule has 1 aliphatic heterocycles. The molecule has 4 aromatic rings. The Balaban J connectivity index is 1.67. The van der Waals surface area contributed by atoms with Gasteiger partial charge in [-0.25, -0.2) is 4.98 Å². The van der Waals surface area contributed by atoms with E-state index in [0.717, 1.165) is 16.7 Å². The number of rotatable bonds is 9. The Hall–Kier alpha value is -4.31. The monoisotopic (exact) mass is 534 g/mol. The van der Waals surface area contributed by atoms with E-state index in [1.54, 1.807) is 0 Å². The molecule has 1 fully saturated rings. The summed E-state index contributed by atoms with van der Waals surface area (Å²) < 4.78 is 7.91. The maximum Gasteiger partial charge on any atom is 0.167 e. The molecule has 0 radical (unpaired) electrons. The smallest absolute Gasteiger partial charge is 0.167 e. The van der Waals surface area contributed by atoms with E-state index in [1.807, 2.05) is 97.1 Å². The molecule has 8 heteroatoms. The molecule has 5 atom stereocenters. The van der Waals surface area contributed by atoms with Crippen LogP contribution in [0.5, 0.6) is 0 Å². The van der Waals surface area contributed by atoms with Gasteiger partial charge < -0.3 is 24.6 Å². The molecule has 0 aliphatic carbocycles. The number of aliphatic hydroxyl groups is 3. The van der Waals surface area contributed by atoms with Crippen LogP contribution in [-0.4, -0.2) is 48.3 Å². The Morgan fingerprint density at radius 2 is 1.35 bits per heavy atom. The first-order valence-electron chi connectivity index (χ1n) is 13.1. The highest BCUT2D eigenvalue weighted by Gasteiger charge is 2.67. The van der Waals surface area contributed by atoms with Crippen molar-refractivity contribution in [2.24, 2.45) is 0 Å². The first-order valence-corrected chi connectivity index (χ1v) is 13.1. The SMILES string of the molecule is N#CCc1c(C#N)ncn1[C@@H]1O[C@H](C(O)Cc2ccccc2)[C@](O)(Cc2ccccc2)[C@@]1(O)Cc1ccccc1. The topological polar surface area (TPSA) is 135 Å². The lowest BCUT2D eigenvalue weighted by Gasteiger charge is -2.42. The maximum absolute atomic E-state index is 12.7. The van der Waals surface area contributed by atoms with Crippen molar-refractivity contribution in [1.82, 2.24) is 9.55 Å². The average Bonchev–Trinajstić information content (AvgIpc) is 3.46. The predicted molar refractivity (Wildman–Crippen MR) is 147 cm³/mol. The third-order valence-electron chi connectivity index (χ3n) is 7.68. The van der Waals surface area contributed by atoms with E-state index in [2.05, 4.69) is 11.1 Å². The fourth-order valence-electron chi connectivity index (χ4n) is 5.73. The van der Waals surface area contributed by atoms with Crippen molar-refractivity contribution in [2.75, 3.05) is 0 Å². The summed E-state index contributed by atoms with van der Waals surface area (Å²) in [6.45, 7) is 0. The van der Waals surface area contributed by atoms with E-state index >= 15 is 0 Å². The number of benzene rings is 3. The van der Waals surface area contributed by atoms with Gasteiger partial charge in [0, 0.05) is 19.3 Å². The number of imidazole rings is 1. The molecule has 8 nitrogen and oxygen atoms in total. The van der Waals surface area contributed by atoms with Gasteiger partial charge in [-0.3, -0.25) is 0 Å². The van der Waals surface area contributed by atoms with Gasteiger partial charge in [0.2, 0.25) is 0 Å². The van der Waals surface area contributed by atoms with Gasteiger partial charge in [0.25, 0.3) is 0 Å². The molecule has 0 saturated carbocycles. The molecule has 3 aromatic carbocycles. The zero-order chi connectivity index (χ0) is 28.2. The number of nitrogens with zero attached hydrogens (tertiary/aromatic N) is 4. The molecule has 1 aliphatic rings. The van der Waals surface area contributed by atoms with Gasteiger partial charge >= 0.3 is 0 Å². The predicted octanol–water partition coefficient (Wildman–Crippen LogP) is 3.27. The summed E-state index contributed by atoms with van der Waals surface area (Å²) in [6.07, 6.45) is -2.35. The number of hydrogen-bond acceptors (Lipinski definition) is 7. The van der Waals surface area contributed by atoms with Crippen molar-refractivity contribution in [3.63, 3.8) is 0 Å². The van der Waals surface area contributed by atoms with E-state index in [0.29, 0.717) is 0 Å². The highest BCUT2D eigenvalue weighted by Crippen LogP contribution is 2.51. The Morgan fingerprint density at radius 3 is 1.88 bits per heavy atom. The lowest BCUT2D eigenvalue weighted by Crippen LogP contribution is -2.62. The van der Waals surface area contributed by atoms with Gasteiger partial charge in [0.15, 0.2) is 11.9 Å². The molecule has 1 aromatic heterocycles. The second kappa shape index (κ2) is 11.4. The van der Waals surface area contributed by atoms with Crippen molar-refractivity contribution in [2.45, 2.75) is 55.3 Å². The van der Waals surface area contributed by atoms with E-state index in [-0.39, 0.29) is 37.1 Å². The molecule has 0 spiro atoms. The third kappa shape index (κ3) is 5.02. The van der Waals surface area contributed by atoms with Crippen LogP contribution in [0.1, 0.15) is 34.3 Å².